The molecule has 3 rings (SSSR count). The van der Waals surface area contributed by atoms with Gasteiger partial charge in [-0.3, -0.25) is 13.9 Å². The van der Waals surface area contributed by atoms with Gasteiger partial charge in [0.2, 0.25) is 21.8 Å². The van der Waals surface area contributed by atoms with Crippen LogP contribution in [0, 0.1) is 11.6 Å². The number of carbonyl (C=O) groups is 2. The summed E-state index contributed by atoms with van der Waals surface area (Å²) in [6.45, 7) is 3.81. The molecule has 8 nitrogen and oxygen atoms in total. The number of carbonyl (C=O) groups excluding carboxylic acids is 2. The number of hydrogen-bond acceptors (Lipinski definition) is 5. The van der Waals surface area contributed by atoms with E-state index in [0.717, 1.165) is 33.8 Å². The molecule has 1 N–H and O–H groups in total. The number of amides is 2. The van der Waals surface area contributed by atoms with E-state index < -0.39 is 27.7 Å². The van der Waals surface area contributed by atoms with Crippen LogP contribution in [0.1, 0.15) is 44.2 Å². The number of nitrogens with zero attached hydrogens (tertiary/aromatic N) is 2. The molecular weight excluding hydrogens is 576 g/mol. The largest absolute Gasteiger partial charge is 0.497 e. The van der Waals surface area contributed by atoms with Crippen molar-refractivity contribution in [3.8, 4) is 5.75 Å². The zero-order valence-corrected chi connectivity index (χ0v) is 25.7. The second kappa shape index (κ2) is 15.5. The number of anilines is 1. The number of ether oxygens (including phenoxy) is 1. The monoisotopic (exact) mass is 615 g/mol. The average molecular weight is 616 g/mol. The van der Waals surface area contributed by atoms with Crippen LogP contribution < -0.4 is 14.4 Å². The highest BCUT2D eigenvalue weighted by Crippen LogP contribution is 2.23. The minimum absolute atomic E-state index is 0.0445. The molecule has 0 saturated heterocycles. The Labute approximate surface area is 252 Å². The molecule has 43 heavy (non-hydrogen) atoms. The maximum absolute atomic E-state index is 13.9. The standard InChI is InChI=1S/C32H39F2N3O5S/c1-5-23(2)35-32(39)30(20-24-11-7-6-8-12-24)36(22-25-13-9-14-27(19-25)42-3)31(38)15-10-18-37(43(4,40)41)26-16-17-28(33)29(34)21-26/h6-9,11-14,16-17,19,21,23,30H,5,10,15,18,20,22H2,1-4H3,(H,35,39). The van der Waals surface area contributed by atoms with E-state index in [-0.39, 0.29) is 55.9 Å². The molecule has 11 heteroatoms. The summed E-state index contributed by atoms with van der Waals surface area (Å²) in [4.78, 5) is 29.1. The first-order chi connectivity index (χ1) is 20.4. The minimum atomic E-state index is -3.87. The third kappa shape index (κ3) is 9.77. The van der Waals surface area contributed by atoms with Crippen LogP contribution >= 0.6 is 0 Å². The van der Waals surface area contributed by atoms with E-state index in [9.17, 15) is 26.8 Å². The van der Waals surface area contributed by atoms with Crippen molar-refractivity contribution in [3.05, 3.63) is 95.6 Å². The number of benzene rings is 3. The van der Waals surface area contributed by atoms with Crippen molar-refractivity contribution in [1.82, 2.24) is 10.2 Å². The molecule has 0 heterocycles. The van der Waals surface area contributed by atoms with E-state index in [4.69, 9.17) is 4.74 Å². The SMILES string of the molecule is CCC(C)NC(=O)C(Cc1ccccc1)N(Cc1cccc(OC)c1)C(=O)CCCN(c1ccc(F)c(F)c1)S(C)(=O)=O. The number of nitrogens with one attached hydrogen (secondary N) is 1. The molecule has 0 aliphatic carbocycles. The van der Waals surface area contributed by atoms with Crippen LogP contribution in [0.4, 0.5) is 14.5 Å². The maximum atomic E-state index is 13.9. The topological polar surface area (TPSA) is 96.0 Å². The van der Waals surface area contributed by atoms with Crippen molar-refractivity contribution < 1.29 is 31.5 Å². The Kier molecular flexibility index (Phi) is 12.1. The zero-order chi connectivity index (χ0) is 31.6. The van der Waals surface area contributed by atoms with Gasteiger partial charge in [0.05, 0.1) is 19.1 Å². The Hall–Kier alpha value is -3.99. The molecule has 3 aromatic carbocycles. The Morgan fingerprint density at radius 1 is 0.953 bits per heavy atom. The van der Waals surface area contributed by atoms with Crippen LogP contribution in [-0.2, 0) is 32.6 Å². The molecule has 2 atom stereocenters. The van der Waals surface area contributed by atoms with E-state index in [0.29, 0.717) is 12.2 Å². The smallest absolute Gasteiger partial charge is 0.243 e. The second-order valence-corrected chi connectivity index (χ2v) is 12.3. The van der Waals surface area contributed by atoms with E-state index in [1.54, 1.807) is 25.3 Å². The lowest BCUT2D eigenvalue weighted by Gasteiger charge is -2.33. The third-order valence-electron chi connectivity index (χ3n) is 7.10. The Morgan fingerprint density at radius 3 is 2.28 bits per heavy atom. The van der Waals surface area contributed by atoms with Gasteiger partial charge in [0, 0.05) is 38.0 Å². The first kappa shape index (κ1) is 33.5. The summed E-state index contributed by atoms with van der Waals surface area (Å²) >= 11 is 0. The highest BCUT2D eigenvalue weighted by molar-refractivity contribution is 7.92. The van der Waals surface area contributed by atoms with Gasteiger partial charge in [-0.1, -0.05) is 49.4 Å². The molecule has 0 aromatic heterocycles. The predicted octanol–water partition coefficient (Wildman–Crippen LogP) is 5.07. The number of methoxy groups -OCH3 is 1. The molecule has 0 radical (unpaired) electrons. The molecule has 2 amide bonds. The van der Waals surface area contributed by atoms with E-state index in [1.165, 1.54) is 11.0 Å². The first-order valence-corrected chi connectivity index (χ1v) is 16.0. The lowest BCUT2D eigenvalue weighted by Crippen LogP contribution is -2.52. The van der Waals surface area contributed by atoms with Crippen molar-refractivity contribution in [1.29, 1.82) is 0 Å². The van der Waals surface area contributed by atoms with E-state index >= 15 is 0 Å². The molecule has 0 spiro atoms. The molecule has 0 aliphatic heterocycles. The van der Waals surface area contributed by atoms with Crippen molar-refractivity contribution in [2.45, 2.75) is 58.2 Å². The fourth-order valence-corrected chi connectivity index (χ4v) is 5.56. The minimum Gasteiger partial charge on any atom is -0.497 e. The molecule has 3 aromatic rings. The quantitative estimate of drug-likeness (QED) is 0.258. The molecule has 232 valence electrons. The number of halogens is 2. The fraction of sp³-hybridized carbons (Fsp3) is 0.375. The van der Waals surface area contributed by atoms with Gasteiger partial charge in [0.25, 0.3) is 0 Å². The van der Waals surface area contributed by atoms with Crippen molar-refractivity contribution in [2.75, 3.05) is 24.2 Å². The molecular formula is C32H39F2N3O5S. The molecule has 2 unspecified atom stereocenters. The van der Waals surface area contributed by atoms with Gasteiger partial charge in [-0.05, 0) is 55.2 Å². The van der Waals surface area contributed by atoms with E-state index in [1.807, 2.05) is 50.2 Å². The van der Waals surface area contributed by atoms with Crippen LogP contribution in [0.25, 0.3) is 0 Å². The van der Waals surface area contributed by atoms with Gasteiger partial charge in [-0.2, -0.15) is 0 Å². The summed E-state index contributed by atoms with van der Waals surface area (Å²) in [7, 11) is -2.33. The Bertz CT molecular complexity index is 1490. The molecule has 0 fully saturated rings. The lowest BCUT2D eigenvalue weighted by molar-refractivity contribution is -0.141. The predicted molar refractivity (Wildman–Crippen MR) is 163 cm³/mol. The fourth-order valence-electron chi connectivity index (χ4n) is 4.61. The normalized spacial score (nSPS) is 12.7. The van der Waals surface area contributed by atoms with Crippen LogP contribution in [0.2, 0.25) is 0 Å². The van der Waals surface area contributed by atoms with Crippen LogP contribution in [0.5, 0.6) is 5.75 Å². The van der Waals surface area contributed by atoms with Crippen LogP contribution in [-0.4, -0.2) is 57.1 Å². The van der Waals surface area contributed by atoms with Crippen LogP contribution in [0.15, 0.2) is 72.8 Å². The third-order valence-corrected chi connectivity index (χ3v) is 8.30. The Morgan fingerprint density at radius 2 is 1.65 bits per heavy atom. The lowest BCUT2D eigenvalue weighted by atomic mass is 10.0. The van der Waals surface area contributed by atoms with Crippen molar-refractivity contribution in [2.24, 2.45) is 0 Å². The van der Waals surface area contributed by atoms with Crippen molar-refractivity contribution >= 4 is 27.5 Å². The second-order valence-electron chi connectivity index (χ2n) is 10.4. The highest BCUT2D eigenvalue weighted by Gasteiger charge is 2.31. The van der Waals surface area contributed by atoms with Gasteiger partial charge in [0.15, 0.2) is 11.6 Å². The van der Waals surface area contributed by atoms with Gasteiger partial charge in [-0.25, -0.2) is 17.2 Å². The zero-order valence-electron chi connectivity index (χ0n) is 24.9. The molecule has 0 bridgehead atoms. The van der Waals surface area contributed by atoms with Crippen molar-refractivity contribution in [3.63, 3.8) is 0 Å². The summed E-state index contributed by atoms with van der Waals surface area (Å²) in [6.07, 6.45) is 1.91. The van der Waals surface area contributed by atoms with Gasteiger partial charge < -0.3 is 15.0 Å². The van der Waals surface area contributed by atoms with E-state index in [2.05, 4.69) is 5.32 Å². The van der Waals surface area contributed by atoms with Gasteiger partial charge >= 0.3 is 0 Å². The molecule has 0 saturated carbocycles. The maximum Gasteiger partial charge on any atom is 0.243 e. The Balaban J connectivity index is 1.91. The first-order valence-electron chi connectivity index (χ1n) is 14.1. The van der Waals surface area contributed by atoms with Gasteiger partial charge in [0.1, 0.15) is 11.8 Å². The summed E-state index contributed by atoms with van der Waals surface area (Å²) in [5, 5.41) is 3.01. The number of rotatable bonds is 15. The van der Waals surface area contributed by atoms with Crippen LogP contribution in [0.3, 0.4) is 0 Å². The summed E-state index contributed by atoms with van der Waals surface area (Å²) in [5.74, 6) is -2.33. The average Bonchev–Trinajstić information content (AvgIpc) is 2.98. The van der Waals surface area contributed by atoms with Gasteiger partial charge in [-0.15, -0.1) is 0 Å². The highest BCUT2D eigenvalue weighted by atomic mass is 32.2. The number of hydrogen-bond donors (Lipinski definition) is 1. The molecule has 0 aliphatic rings. The summed E-state index contributed by atoms with van der Waals surface area (Å²) < 4.78 is 58.7. The summed E-state index contributed by atoms with van der Waals surface area (Å²) in [5.41, 5.74) is 1.58. The number of sulfonamides is 1. The summed E-state index contributed by atoms with van der Waals surface area (Å²) in [6, 6.07) is 18.5.